The minimum Gasteiger partial charge on any atom is -0.380 e. The van der Waals surface area contributed by atoms with Crippen LogP contribution in [0.25, 0.3) is 10.2 Å². The Bertz CT molecular complexity index is 1130. The van der Waals surface area contributed by atoms with Crippen LogP contribution in [0.2, 0.25) is 5.02 Å². The first-order valence-electron chi connectivity index (χ1n) is 8.56. The summed E-state index contributed by atoms with van der Waals surface area (Å²) in [4.78, 5) is 0.557. The summed E-state index contributed by atoms with van der Waals surface area (Å²) in [6, 6.07) is 10.2. The molecule has 0 amide bonds. The minimum absolute atomic E-state index is 0.119. The molecule has 0 aliphatic carbocycles. The Hall–Kier alpha value is -1.67. The molecule has 0 N–H and O–H groups in total. The molecule has 0 aliphatic rings. The molecule has 1 aromatic heterocycles. The highest BCUT2D eigenvalue weighted by atomic mass is 35.5. The second-order valence-corrected chi connectivity index (χ2v) is 9.20. The van der Waals surface area contributed by atoms with E-state index in [9.17, 15) is 8.42 Å². The van der Waals surface area contributed by atoms with Crippen LogP contribution in [0.1, 0.15) is 18.1 Å². The minimum atomic E-state index is -3.84. The number of aromatic nitrogens is 1. The highest BCUT2D eigenvalue weighted by Crippen LogP contribution is 2.24. The monoisotopic (exact) mass is 424 g/mol. The largest absolute Gasteiger partial charge is 0.380 e. The van der Waals surface area contributed by atoms with Crippen LogP contribution in [0.4, 0.5) is 0 Å². The second kappa shape index (κ2) is 8.14. The number of fused-ring (bicyclic) bond motifs is 1. The summed E-state index contributed by atoms with van der Waals surface area (Å²) in [6.07, 6.45) is 0. The Balaban J connectivity index is 2.19. The van der Waals surface area contributed by atoms with Gasteiger partial charge in [-0.05, 0) is 62.2 Å². The number of aryl methyl sites for hydroxylation is 2. The summed E-state index contributed by atoms with van der Waals surface area (Å²) in [5.74, 6) is 0. The summed E-state index contributed by atoms with van der Waals surface area (Å²) in [5, 5.41) is 0.480. The summed E-state index contributed by atoms with van der Waals surface area (Å²) in [5.41, 5.74) is 3.20. The van der Waals surface area contributed by atoms with Crippen molar-refractivity contribution in [1.82, 2.24) is 4.57 Å². The van der Waals surface area contributed by atoms with Gasteiger partial charge in [0.25, 0.3) is 10.0 Å². The number of halogens is 1. The Labute approximate surface area is 168 Å². The zero-order valence-electron chi connectivity index (χ0n) is 15.4. The van der Waals surface area contributed by atoms with E-state index in [1.165, 1.54) is 23.5 Å². The Morgan fingerprint density at radius 2 is 1.89 bits per heavy atom. The smallest absolute Gasteiger partial charge is 0.285 e. The molecule has 144 valence electrons. The third-order valence-corrected chi connectivity index (χ3v) is 6.97. The van der Waals surface area contributed by atoms with Crippen molar-refractivity contribution in [3.05, 3.63) is 57.3 Å². The maximum Gasteiger partial charge on any atom is 0.285 e. The standard InChI is InChI=1S/C19H21ClN2O3S2/c1-4-25-10-9-22-17-12-13(2)11-14(3)18(17)26-19(22)21-27(23,24)16-7-5-15(20)6-8-16/h5-8,11-12H,4,9-10H2,1-3H3/b21-19-. The molecule has 3 aromatic rings. The van der Waals surface area contributed by atoms with E-state index < -0.39 is 10.0 Å². The lowest BCUT2D eigenvalue weighted by Gasteiger charge is -2.07. The topological polar surface area (TPSA) is 60.7 Å². The first kappa shape index (κ1) is 20.1. The quantitative estimate of drug-likeness (QED) is 0.554. The number of nitrogens with zero attached hydrogens (tertiary/aromatic N) is 2. The average molecular weight is 425 g/mol. The molecule has 0 bridgehead atoms. The van der Waals surface area contributed by atoms with Crippen molar-refractivity contribution in [2.45, 2.75) is 32.2 Å². The van der Waals surface area contributed by atoms with Crippen LogP contribution >= 0.6 is 22.9 Å². The number of ether oxygens (including phenoxy) is 1. The van der Waals surface area contributed by atoms with Gasteiger partial charge in [-0.2, -0.15) is 8.42 Å². The van der Waals surface area contributed by atoms with Gasteiger partial charge in [0.1, 0.15) is 0 Å². The van der Waals surface area contributed by atoms with Gasteiger partial charge in [-0.15, -0.1) is 4.40 Å². The molecule has 0 saturated heterocycles. The number of benzene rings is 2. The fourth-order valence-electron chi connectivity index (χ4n) is 2.86. The van der Waals surface area contributed by atoms with E-state index in [1.54, 1.807) is 12.1 Å². The molecule has 27 heavy (non-hydrogen) atoms. The number of rotatable bonds is 6. The lowest BCUT2D eigenvalue weighted by molar-refractivity contribution is 0.139. The van der Waals surface area contributed by atoms with E-state index in [4.69, 9.17) is 16.3 Å². The second-order valence-electron chi connectivity index (χ2n) is 6.18. The fourth-order valence-corrected chi connectivity index (χ4v) is 5.30. The van der Waals surface area contributed by atoms with Crippen LogP contribution in [0.3, 0.4) is 0 Å². The van der Waals surface area contributed by atoms with E-state index in [2.05, 4.69) is 16.5 Å². The summed E-state index contributed by atoms with van der Waals surface area (Å²) < 4.78 is 38.1. The van der Waals surface area contributed by atoms with Gasteiger partial charge in [0.2, 0.25) is 4.80 Å². The molecule has 1 heterocycles. The number of sulfonamides is 1. The fraction of sp³-hybridized carbons (Fsp3) is 0.316. The molecule has 0 spiro atoms. The van der Waals surface area contributed by atoms with Crippen molar-refractivity contribution in [3.8, 4) is 0 Å². The summed E-state index contributed by atoms with van der Waals surface area (Å²) >= 11 is 7.24. The first-order valence-corrected chi connectivity index (χ1v) is 11.2. The molecule has 0 aliphatic heterocycles. The maximum atomic E-state index is 12.8. The Kier molecular flexibility index (Phi) is 6.05. The van der Waals surface area contributed by atoms with Crippen LogP contribution in [0.5, 0.6) is 0 Å². The zero-order valence-corrected chi connectivity index (χ0v) is 17.8. The molecule has 5 nitrogen and oxygen atoms in total. The van der Waals surface area contributed by atoms with Crippen molar-refractivity contribution in [2.24, 2.45) is 4.40 Å². The third-order valence-electron chi connectivity index (χ3n) is 4.09. The van der Waals surface area contributed by atoms with Gasteiger partial charge in [0.15, 0.2) is 0 Å². The zero-order chi connectivity index (χ0) is 19.6. The highest BCUT2D eigenvalue weighted by molar-refractivity contribution is 7.90. The van der Waals surface area contributed by atoms with Crippen LogP contribution < -0.4 is 4.80 Å². The Morgan fingerprint density at radius 3 is 2.56 bits per heavy atom. The average Bonchev–Trinajstić information content (AvgIpc) is 2.93. The number of hydrogen-bond acceptors (Lipinski definition) is 4. The highest BCUT2D eigenvalue weighted by Gasteiger charge is 2.16. The molecule has 0 radical (unpaired) electrons. The van der Waals surface area contributed by atoms with Crippen LogP contribution in [-0.4, -0.2) is 26.2 Å². The molecule has 0 atom stereocenters. The molecule has 8 heteroatoms. The van der Waals surface area contributed by atoms with Crippen molar-refractivity contribution in [2.75, 3.05) is 13.2 Å². The lowest BCUT2D eigenvalue weighted by atomic mass is 10.1. The van der Waals surface area contributed by atoms with Gasteiger partial charge >= 0.3 is 0 Å². The molecular weight excluding hydrogens is 404 g/mol. The van der Waals surface area contributed by atoms with Gasteiger partial charge in [0.05, 0.1) is 21.7 Å². The van der Waals surface area contributed by atoms with Crippen molar-refractivity contribution < 1.29 is 13.2 Å². The van der Waals surface area contributed by atoms with Gasteiger partial charge in [-0.1, -0.05) is 29.0 Å². The van der Waals surface area contributed by atoms with Crippen molar-refractivity contribution in [3.63, 3.8) is 0 Å². The van der Waals surface area contributed by atoms with Crippen LogP contribution in [-0.2, 0) is 21.3 Å². The molecule has 0 saturated carbocycles. The summed E-state index contributed by atoms with van der Waals surface area (Å²) in [6.45, 7) is 7.61. The van der Waals surface area contributed by atoms with E-state index in [-0.39, 0.29) is 4.90 Å². The van der Waals surface area contributed by atoms with Gasteiger partial charge < -0.3 is 9.30 Å². The maximum absolute atomic E-state index is 12.8. The molecule has 2 aromatic carbocycles. The van der Waals surface area contributed by atoms with Gasteiger partial charge in [-0.3, -0.25) is 0 Å². The predicted molar refractivity (Wildman–Crippen MR) is 110 cm³/mol. The molecule has 0 fully saturated rings. The van der Waals surface area contributed by atoms with E-state index >= 15 is 0 Å². The van der Waals surface area contributed by atoms with Gasteiger partial charge in [0, 0.05) is 18.2 Å². The predicted octanol–water partition coefficient (Wildman–Crippen LogP) is 4.30. The Morgan fingerprint density at radius 1 is 1.19 bits per heavy atom. The molecule has 3 rings (SSSR count). The summed E-state index contributed by atoms with van der Waals surface area (Å²) in [7, 11) is -3.84. The number of thiazole rings is 1. The van der Waals surface area contributed by atoms with Crippen molar-refractivity contribution >= 4 is 43.2 Å². The van der Waals surface area contributed by atoms with Crippen molar-refractivity contribution in [1.29, 1.82) is 0 Å². The molecular formula is C19H21ClN2O3S2. The van der Waals surface area contributed by atoms with E-state index in [1.807, 2.05) is 25.3 Å². The third kappa shape index (κ3) is 4.43. The van der Waals surface area contributed by atoms with Crippen LogP contribution in [0, 0.1) is 13.8 Å². The SMILES string of the molecule is CCOCCn1/c(=N/S(=O)(=O)c2ccc(Cl)cc2)sc2c(C)cc(C)cc21. The molecule has 0 unspecified atom stereocenters. The van der Waals surface area contributed by atoms with E-state index in [0.717, 1.165) is 21.3 Å². The van der Waals surface area contributed by atoms with Crippen LogP contribution in [0.15, 0.2) is 45.7 Å². The lowest BCUT2D eigenvalue weighted by Crippen LogP contribution is -2.20. The van der Waals surface area contributed by atoms with Gasteiger partial charge in [-0.25, -0.2) is 0 Å². The first-order chi connectivity index (χ1) is 12.8. The normalized spacial score (nSPS) is 12.8. The van der Waals surface area contributed by atoms with E-state index in [0.29, 0.717) is 29.6 Å². The number of hydrogen-bond donors (Lipinski definition) is 0.